The van der Waals surface area contributed by atoms with Crippen LogP contribution in [-0.2, 0) is 0 Å². The van der Waals surface area contributed by atoms with E-state index < -0.39 is 0 Å². The lowest BCUT2D eigenvalue weighted by molar-refractivity contribution is 0.183. The first-order valence-corrected chi connectivity index (χ1v) is 11.7. The van der Waals surface area contributed by atoms with Gasteiger partial charge < -0.3 is 14.6 Å². The summed E-state index contributed by atoms with van der Waals surface area (Å²) >= 11 is 0. The predicted octanol–water partition coefficient (Wildman–Crippen LogP) is 5.57. The molecule has 166 valence electrons. The molecule has 1 fully saturated rings. The van der Waals surface area contributed by atoms with Crippen molar-refractivity contribution in [2.75, 3.05) is 32.8 Å². The maximum absolute atomic E-state index is 9.94. The molecule has 0 unspecified atom stereocenters. The molecule has 0 saturated carbocycles. The van der Waals surface area contributed by atoms with E-state index >= 15 is 0 Å². The van der Waals surface area contributed by atoms with Crippen LogP contribution in [0.4, 0.5) is 0 Å². The van der Waals surface area contributed by atoms with Crippen molar-refractivity contribution >= 4 is 0 Å². The number of hydrogen-bond acceptors (Lipinski definition) is 4. The third-order valence-electron chi connectivity index (χ3n) is 6.74. The van der Waals surface area contributed by atoms with Gasteiger partial charge in [0, 0.05) is 30.0 Å². The molecule has 0 radical (unpaired) electrons. The van der Waals surface area contributed by atoms with Gasteiger partial charge in [0.1, 0.15) is 23.9 Å². The van der Waals surface area contributed by atoms with Gasteiger partial charge in [-0.2, -0.15) is 0 Å². The summed E-state index contributed by atoms with van der Waals surface area (Å²) in [6.45, 7) is 4.70. The summed E-state index contributed by atoms with van der Waals surface area (Å²) < 4.78 is 12.1. The summed E-state index contributed by atoms with van der Waals surface area (Å²) in [5.41, 5.74) is 3.61. The molecule has 1 N–H and O–H groups in total. The number of ether oxygens (including phenoxy) is 2. The van der Waals surface area contributed by atoms with Gasteiger partial charge >= 0.3 is 0 Å². The fourth-order valence-electron chi connectivity index (χ4n) is 5.05. The summed E-state index contributed by atoms with van der Waals surface area (Å²) in [5, 5.41) is 9.94. The number of aromatic hydroxyl groups is 1. The third-order valence-corrected chi connectivity index (χ3v) is 6.74. The van der Waals surface area contributed by atoms with Gasteiger partial charge in [0.25, 0.3) is 0 Å². The Bertz CT molecular complexity index is 1010. The fraction of sp³-hybridized carbons (Fsp3) is 0.357. The summed E-state index contributed by atoms with van der Waals surface area (Å²) in [6, 6.07) is 24.6. The van der Waals surface area contributed by atoms with Gasteiger partial charge in [-0.3, -0.25) is 4.90 Å². The summed E-state index contributed by atoms with van der Waals surface area (Å²) in [6.07, 6.45) is 3.97. The van der Waals surface area contributed by atoms with Gasteiger partial charge in [-0.25, -0.2) is 0 Å². The van der Waals surface area contributed by atoms with Crippen molar-refractivity contribution in [2.24, 2.45) is 0 Å². The number of benzene rings is 3. The van der Waals surface area contributed by atoms with E-state index in [0.717, 1.165) is 30.2 Å². The number of fused-ring (bicyclic) bond motifs is 1. The fourth-order valence-corrected chi connectivity index (χ4v) is 5.05. The lowest BCUT2D eigenvalue weighted by Crippen LogP contribution is -2.33. The van der Waals surface area contributed by atoms with E-state index in [2.05, 4.69) is 53.4 Å². The van der Waals surface area contributed by atoms with E-state index in [1.165, 1.54) is 43.5 Å². The van der Waals surface area contributed by atoms with E-state index in [1.807, 2.05) is 12.1 Å². The molecule has 32 heavy (non-hydrogen) atoms. The highest BCUT2D eigenvalue weighted by atomic mass is 16.5. The Hall–Kier alpha value is -2.98. The minimum absolute atomic E-state index is 0.157. The highest BCUT2D eigenvalue weighted by Crippen LogP contribution is 2.47. The van der Waals surface area contributed by atoms with Gasteiger partial charge in [0.15, 0.2) is 0 Å². The number of rotatable bonds is 6. The lowest BCUT2D eigenvalue weighted by atomic mass is 9.76. The second kappa shape index (κ2) is 9.66. The molecule has 0 aliphatic carbocycles. The first kappa shape index (κ1) is 20.9. The van der Waals surface area contributed by atoms with Crippen LogP contribution in [0.5, 0.6) is 17.2 Å². The maximum Gasteiger partial charge on any atom is 0.126 e. The van der Waals surface area contributed by atoms with Crippen molar-refractivity contribution in [1.82, 2.24) is 4.90 Å². The molecular weight excluding hydrogens is 398 g/mol. The average molecular weight is 430 g/mol. The smallest absolute Gasteiger partial charge is 0.126 e. The van der Waals surface area contributed by atoms with Crippen LogP contribution >= 0.6 is 0 Å². The molecule has 2 aliphatic heterocycles. The minimum atomic E-state index is 0.157. The molecule has 0 amide bonds. The number of hydrogen-bond donors (Lipinski definition) is 1. The molecule has 0 bridgehead atoms. The Kier molecular flexibility index (Phi) is 6.31. The zero-order valence-corrected chi connectivity index (χ0v) is 18.5. The molecule has 4 nitrogen and oxygen atoms in total. The van der Waals surface area contributed by atoms with Crippen LogP contribution in [0.1, 0.15) is 47.8 Å². The molecule has 4 heteroatoms. The summed E-state index contributed by atoms with van der Waals surface area (Å²) in [7, 11) is 0. The number of likely N-dealkylation sites (tertiary alicyclic amines) is 1. The van der Waals surface area contributed by atoms with E-state index in [0.29, 0.717) is 6.61 Å². The van der Waals surface area contributed by atoms with Crippen LogP contribution in [0.3, 0.4) is 0 Å². The Morgan fingerprint density at radius 2 is 1.66 bits per heavy atom. The van der Waals surface area contributed by atoms with Gasteiger partial charge in [0.05, 0.1) is 6.61 Å². The first-order chi connectivity index (χ1) is 15.8. The van der Waals surface area contributed by atoms with Crippen molar-refractivity contribution in [3.63, 3.8) is 0 Å². The SMILES string of the molecule is Oc1ccc2c(c1)OC[C@@H](c1ccccc1)[C@H]2c1ccc(OCCN2CCCCC2)cc1. The predicted molar refractivity (Wildman–Crippen MR) is 127 cm³/mol. The van der Waals surface area contributed by atoms with Crippen LogP contribution in [-0.4, -0.2) is 42.9 Å². The number of nitrogens with zero attached hydrogens (tertiary/aromatic N) is 1. The molecule has 2 heterocycles. The minimum Gasteiger partial charge on any atom is -0.508 e. The first-order valence-electron chi connectivity index (χ1n) is 11.7. The topological polar surface area (TPSA) is 41.9 Å². The Balaban J connectivity index is 1.35. The van der Waals surface area contributed by atoms with Crippen LogP contribution in [0, 0.1) is 0 Å². The normalized spacial score (nSPS) is 20.9. The standard InChI is InChI=1S/C28H31NO3/c30-23-11-14-25-27(19-23)32-20-26(21-7-3-1-4-8-21)28(25)22-9-12-24(13-10-22)31-18-17-29-15-5-2-6-16-29/h1,3-4,7-14,19,26,28,30H,2,5-6,15-18,20H2/t26-,28-/m0/s1. The molecule has 0 aromatic heterocycles. The van der Waals surface area contributed by atoms with Crippen molar-refractivity contribution in [2.45, 2.75) is 31.1 Å². The zero-order chi connectivity index (χ0) is 21.8. The van der Waals surface area contributed by atoms with Gasteiger partial charge in [0.2, 0.25) is 0 Å². The quantitative estimate of drug-likeness (QED) is 0.557. The van der Waals surface area contributed by atoms with E-state index in [4.69, 9.17) is 9.47 Å². The van der Waals surface area contributed by atoms with Gasteiger partial charge in [-0.1, -0.05) is 55.0 Å². The van der Waals surface area contributed by atoms with Gasteiger partial charge in [-0.15, -0.1) is 0 Å². The monoisotopic (exact) mass is 429 g/mol. The van der Waals surface area contributed by atoms with Crippen LogP contribution in [0.25, 0.3) is 0 Å². The number of phenolic OH excluding ortho intramolecular Hbond substituents is 1. The van der Waals surface area contributed by atoms with Crippen molar-refractivity contribution in [3.8, 4) is 17.2 Å². The largest absolute Gasteiger partial charge is 0.508 e. The second-order valence-corrected chi connectivity index (χ2v) is 8.85. The van der Waals surface area contributed by atoms with E-state index in [-0.39, 0.29) is 17.6 Å². The molecule has 5 rings (SSSR count). The van der Waals surface area contributed by atoms with Gasteiger partial charge in [-0.05, 0) is 55.3 Å². The maximum atomic E-state index is 9.94. The molecule has 0 spiro atoms. The molecule has 2 aliphatic rings. The highest BCUT2D eigenvalue weighted by molar-refractivity contribution is 5.50. The zero-order valence-electron chi connectivity index (χ0n) is 18.5. The average Bonchev–Trinajstić information content (AvgIpc) is 2.85. The Morgan fingerprint density at radius 3 is 2.44 bits per heavy atom. The summed E-state index contributed by atoms with van der Waals surface area (Å²) in [4.78, 5) is 2.50. The summed E-state index contributed by atoms with van der Waals surface area (Å²) in [5.74, 6) is 2.28. The Labute approximate surface area is 190 Å². The highest BCUT2D eigenvalue weighted by Gasteiger charge is 2.33. The van der Waals surface area contributed by atoms with Crippen LogP contribution < -0.4 is 9.47 Å². The number of phenols is 1. The van der Waals surface area contributed by atoms with Crippen LogP contribution in [0.2, 0.25) is 0 Å². The van der Waals surface area contributed by atoms with Crippen molar-refractivity contribution < 1.29 is 14.6 Å². The Morgan fingerprint density at radius 1 is 0.875 bits per heavy atom. The van der Waals surface area contributed by atoms with Crippen molar-refractivity contribution in [3.05, 3.63) is 89.5 Å². The van der Waals surface area contributed by atoms with E-state index in [9.17, 15) is 5.11 Å². The third kappa shape index (κ3) is 4.61. The van der Waals surface area contributed by atoms with Crippen LogP contribution in [0.15, 0.2) is 72.8 Å². The molecule has 1 saturated heterocycles. The lowest BCUT2D eigenvalue weighted by Gasteiger charge is -2.34. The molecule has 2 atom stereocenters. The molecule has 3 aromatic carbocycles. The molecular formula is C28H31NO3. The second-order valence-electron chi connectivity index (χ2n) is 8.85. The van der Waals surface area contributed by atoms with Crippen molar-refractivity contribution in [1.29, 1.82) is 0 Å². The molecule has 3 aromatic rings. The number of piperidine rings is 1. The van der Waals surface area contributed by atoms with E-state index in [1.54, 1.807) is 12.1 Å².